The maximum Gasteiger partial charge on any atom is 0.273 e. The summed E-state index contributed by atoms with van der Waals surface area (Å²) in [4.78, 5) is 23.6. The third-order valence-electron chi connectivity index (χ3n) is 2.68. The normalized spacial score (nSPS) is 10.3. The number of hydrazine groups is 1. The van der Waals surface area contributed by atoms with Crippen molar-refractivity contribution in [3.8, 4) is 0 Å². The van der Waals surface area contributed by atoms with Gasteiger partial charge >= 0.3 is 0 Å². The number of hydrogen-bond acceptors (Lipinski definition) is 4. The molecule has 0 unspecified atom stereocenters. The number of furan rings is 2. The van der Waals surface area contributed by atoms with Crippen LogP contribution in [0, 0.1) is 20.8 Å². The molecule has 2 aromatic heterocycles. The molecule has 0 aliphatic rings. The van der Waals surface area contributed by atoms with Crippen LogP contribution in [0.1, 0.15) is 38.0 Å². The molecule has 0 aliphatic carbocycles. The summed E-state index contributed by atoms with van der Waals surface area (Å²) in [6.45, 7) is 5.10. The Morgan fingerprint density at radius 1 is 1.00 bits per heavy atom. The Kier molecular flexibility index (Phi) is 3.41. The first-order valence-corrected chi connectivity index (χ1v) is 5.71. The molecular formula is C13H14N2O4. The quantitative estimate of drug-likeness (QED) is 0.809. The molecule has 0 saturated heterocycles. The minimum atomic E-state index is -0.433. The first-order valence-electron chi connectivity index (χ1n) is 5.71. The Bertz CT molecular complexity index is 624. The van der Waals surface area contributed by atoms with E-state index in [0.717, 1.165) is 0 Å². The van der Waals surface area contributed by atoms with Gasteiger partial charge in [0.1, 0.15) is 17.3 Å². The summed E-state index contributed by atoms with van der Waals surface area (Å²) in [6.07, 6.45) is 1.41. The Labute approximate surface area is 109 Å². The van der Waals surface area contributed by atoms with Crippen LogP contribution in [0.4, 0.5) is 0 Å². The molecule has 0 radical (unpaired) electrons. The number of amides is 2. The van der Waals surface area contributed by atoms with Crippen molar-refractivity contribution in [1.82, 2.24) is 10.9 Å². The van der Waals surface area contributed by atoms with Crippen molar-refractivity contribution in [2.45, 2.75) is 20.8 Å². The lowest BCUT2D eigenvalue weighted by Crippen LogP contribution is -2.41. The van der Waals surface area contributed by atoms with Crippen LogP contribution in [0.15, 0.2) is 27.2 Å². The lowest BCUT2D eigenvalue weighted by molar-refractivity contribution is 0.0844. The van der Waals surface area contributed by atoms with Gasteiger partial charge in [0.05, 0.1) is 17.4 Å². The highest BCUT2D eigenvalue weighted by molar-refractivity contribution is 5.99. The molecule has 2 aromatic rings. The summed E-state index contributed by atoms with van der Waals surface area (Å²) < 4.78 is 10.3. The first kappa shape index (κ1) is 12.9. The number of carbonyl (C=O) groups excluding carboxylic acids is 2. The summed E-state index contributed by atoms with van der Waals surface area (Å²) in [5, 5.41) is 0. The van der Waals surface area contributed by atoms with E-state index in [1.807, 2.05) is 0 Å². The molecule has 2 N–H and O–H groups in total. The van der Waals surface area contributed by atoms with Crippen LogP contribution in [0.25, 0.3) is 0 Å². The predicted molar refractivity (Wildman–Crippen MR) is 66.6 cm³/mol. The van der Waals surface area contributed by atoms with Crippen LogP contribution in [0.2, 0.25) is 0 Å². The molecule has 6 nitrogen and oxygen atoms in total. The maximum atomic E-state index is 11.8. The van der Waals surface area contributed by atoms with Crippen LogP contribution in [0.3, 0.4) is 0 Å². The molecule has 0 aromatic carbocycles. The summed E-state index contributed by atoms with van der Waals surface area (Å²) in [6, 6.07) is 3.14. The molecule has 2 heterocycles. The lowest BCUT2D eigenvalue weighted by Gasteiger charge is -2.05. The minimum absolute atomic E-state index is 0.375. The maximum absolute atomic E-state index is 11.8. The number of hydrogen-bond donors (Lipinski definition) is 2. The number of aryl methyl sites for hydroxylation is 3. The summed E-state index contributed by atoms with van der Waals surface area (Å²) in [7, 11) is 0. The zero-order valence-electron chi connectivity index (χ0n) is 10.9. The molecule has 19 heavy (non-hydrogen) atoms. The zero-order valence-corrected chi connectivity index (χ0v) is 10.9. The third-order valence-corrected chi connectivity index (χ3v) is 2.68. The molecule has 6 heteroatoms. The van der Waals surface area contributed by atoms with E-state index < -0.39 is 11.8 Å². The largest absolute Gasteiger partial charge is 0.469 e. The predicted octanol–water partition coefficient (Wildman–Crippen LogP) is 1.87. The van der Waals surface area contributed by atoms with Crippen molar-refractivity contribution < 1.29 is 18.4 Å². The van der Waals surface area contributed by atoms with Gasteiger partial charge in [-0.1, -0.05) is 0 Å². The molecular weight excluding hydrogens is 248 g/mol. The summed E-state index contributed by atoms with van der Waals surface area (Å²) in [5.74, 6) is 0.770. The number of nitrogens with one attached hydrogen (secondary N) is 2. The fourth-order valence-electron chi connectivity index (χ4n) is 1.72. The van der Waals surface area contributed by atoms with Crippen LogP contribution in [0.5, 0.6) is 0 Å². The van der Waals surface area contributed by atoms with Crippen molar-refractivity contribution in [1.29, 1.82) is 0 Å². The summed E-state index contributed by atoms with van der Waals surface area (Å²) >= 11 is 0. The monoisotopic (exact) mass is 262 g/mol. The van der Waals surface area contributed by atoms with Gasteiger partial charge in [-0.2, -0.15) is 0 Å². The fraction of sp³-hybridized carbons (Fsp3) is 0.231. The smallest absolute Gasteiger partial charge is 0.273 e. The van der Waals surface area contributed by atoms with Gasteiger partial charge in [-0.05, 0) is 32.9 Å². The number of carbonyl (C=O) groups is 2. The zero-order chi connectivity index (χ0) is 14.0. The van der Waals surface area contributed by atoms with E-state index in [-0.39, 0.29) is 0 Å². The minimum Gasteiger partial charge on any atom is -0.469 e. The Balaban J connectivity index is 2.00. The van der Waals surface area contributed by atoms with Crippen molar-refractivity contribution in [2.75, 3.05) is 0 Å². The van der Waals surface area contributed by atoms with E-state index in [1.54, 1.807) is 26.8 Å². The van der Waals surface area contributed by atoms with Gasteiger partial charge in [-0.15, -0.1) is 0 Å². The van der Waals surface area contributed by atoms with Gasteiger partial charge in [-0.3, -0.25) is 20.4 Å². The SMILES string of the molecule is Cc1cc(C(=O)NNC(=O)c2ccoc2C)c(C)o1. The van der Waals surface area contributed by atoms with Gasteiger partial charge in [-0.25, -0.2) is 0 Å². The summed E-state index contributed by atoms with van der Waals surface area (Å²) in [5.41, 5.74) is 5.41. The highest BCUT2D eigenvalue weighted by Gasteiger charge is 2.16. The molecule has 0 aliphatic heterocycles. The molecule has 0 atom stereocenters. The fourth-order valence-corrected chi connectivity index (χ4v) is 1.72. The molecule has 2 rings (SSSR count). The third kappa shape index (κ3) is 2.67. The molecule has 100 valence electrons. The van der Waals surface area contributed by atoms with Crippen LogP contribution in [-0.2, 0) is 0 Å². The molecule has 2 amide bonds. The van der Waals surface area contributed by atoms with Gasteiger partial charge in [0.25, 0.3) is 11.8 Å². The molecule has 0 saturated carbocycles. The second kappa shape index (κ2) is 5.01. The van der Waals surface area contributed by atoms with Crippen LogP contribution < -0.4 is 10.9 Å². The molecule has 0 bridgehead atoms. The van der Waals surface area contributed by atoms with Crippen LogP contribution >= 0.6 is 0 Å². The van der Waals surface area contributed by atoms with E-state index >= 15 is 0 Å². The van der Waals surface area contributed by atoms with E-state index in [9.17, 15) is 9.59 Å². The standard InChI is InChI=1S/C13H14N2O4/c1-7-6-11(9(3)19-7)13(17)15-14-12(16)10-4-5-18-8(10)2/h4-6H,1-3H3,(H,14,16)(H,15,17). The highest BCUT2D eigenvalue weighted by Crippen LogP contribution is 2.13. The topological polar surface area (TPSA) is 84.5 Å². The second-order valence-electron chi connectivity index (χ2n) is 4.13. The van der Waals surface area contributed by atoms with Crippen molar-refractivity contribution in [3.63, 3.8) is 0 Å². The van der Waals surface area contributed by atoms with E-state index in [1.165, 1.54) is 12.3 Å². The van der Waals surface area contributed by atoms with Gasteiger partial charge in [0.15, 0.2) is 0 Å². The number of rotatable bonds is 2. The molecule has 0 spiro atoms. The van der Waals surface area contributed by atoms with Gasteiger partial charge in [0, 0.05) is 0 Å². The Morgan fingerprint density at radius 2 is 1.63 bits per heavy atom. The Hall–Kier alpha value is -2.50. The van der Waals surface area contributed by atoms with E-state index in [2.05, 4.69) is 10.9 Å². The first-order chi connectivity index (χ1) is 8.99. The Morgan fingerprint density at radius 3 is 2.11 bits per heavy atom. The van der Waals surface area contributed by atoms with Crippen molar-refractivity contribution in [2.24, 2.45) is 0 Å². The van der Waals surface area contributed by atoms with E-state index in [4.69, 9.17) is 8.83 Å². The lowest BCUT2D eigenvalue weighted by atomic mass is 10.2. The average Bonchev–Trinajstić information content (AvgIpc) is 2.91. The molecule has 0 fully saturated rings. The van der Waals surface area contributed by atoms with Crippen molar-refractivity contribution in [3.05, 3.63) is 46.8 Å². The van der Waals surface area contributed by atoms with Gasteiger partial charge in [0.2, 0.25) is 0 Å². The average molecular weight is 262 g/mol. The van der Waals surface area contributed by atoms with Gasteiger partial charge < -0.3 is 8.83 Å². The van der Waals surface area contributed by atoms with Crippen molar-refractivity contribution >= 4 is 11.8 Å². The van der Waals surface area contributed by atoms with E-state index in [0.29, 0.717) is 28.4 Å². The second-order valence-corrected chi connectivity index (χ2v) is 4.13. The van der Waals surface area contributed by atoms with Crippen LogP contribution in [-0.4, -0.2) is 11.8 Å². The highest BCUT2D eigenvalue weighted by atomic mass is 16.3.